The van der Waals surface area contributed by atoms with Crippen molar-refractivity contribution in [2.45, 2.75) is 19.9 Å². The number of carbonyl (C=O) groups is 2. The second-order valence-corrected chi connectivity index (χ2v) is 6.45. The van der Waals surface area contributed by atoms with E-state index >= 15 is 0 Å². The molecule has 2 aromatic rings. The summed E-state index contributed by atoms with van der Waals surface area (Å²) in [6.45, 7) is 3.62. The maximum atomic E-state index is 13.1. The van der Waals surface area contributed by atoms with Crippen LogP contribution in [0, 0.1) is 6.92 Å². The molecule has 1 aliphatic rings. The molecule has 0 saturated carbocycles. The lowest BCUT2D eigenvalue weighted by atomic mass is 9.93. The first-order valence-corrected chi connectivity index (χ1v) is 8.81. The normalized spacial score (nSPS) is 16.1. The number of ether oxygens (including phenoxy) is 2. The molecule has 1 unspecified atom stereocenters. The van der Waals surface area contributed by atoms with Crippen molar-refractivity contribution in [3.63, 3.8) is 0 Å². The number of nitrogens with one attached hydrogen (secondary N) is 3. The van der Waals surface area contributed by atoms with Crippen LogP contribution in [0.3, 0.4) is 0 Å². The molecule has 0 spiro atoms. The molecule has 0 saturated heterocycles. The molecule has 7 heteroatoms. The van der Waals surface area contributed by atoms with Crippen LogP contribution in [-0.2, 0) is 4.79 Å². The number of rotatable bonds is 5. The SMILES string of the molecule is COc1ccc(C2NC(=O)NC(C)=C2C(=O)Nc2ccccc2C)c(OC)c1. The van der Waals surface area contributed by atoms with E-state index in [1.807, 2.05) is 31.2 Å². The second kappa shape index (κ2) is 8.04. The van der Waals surface area contributed by atoms with Crippen LogP contribution in [0.4, 0.5) is 10.5 Å². The number of carbonyl (C=O) groups excluding carboxylic acids is 2. The summed E-state index contributed by atoms with van der Waals surface area (Å²) in [6, 6.07) is 11.7. The summed E-state index contributed by atoms with van der Waals surface area (Å²) in [5.41, 5.74) is 3.21. The van der Waals surface area contributed by atoms with Crippen LogP contribution in [0.25, 0.3) is 0 Å². The molecule has 2 aromatic carbocycles. The Morgan fingerprint density at radius 1 is 1.07 bits per heavy atom. The number of aryl methyl sites for hydroxylation is 1. The topological polar surface area (TPSA) is 88.7 Å². The minimum Gasteiger partial charge on any atom is -0.497 e. The highest BCUT2D eigenvalue weighted by molar-refractivity contribution is 6.07. The largest absolute Gasteiger partial charge is 0.497 e. The van der Waals surface area contributed by atoms with Crippen LogP contribution < -0.4 is 25.4 Å². The zero-order chi connectivity index (χ0) is 20.3. The first-order valence-electron chi connectivity index (χ1n) is 8.81. The van der Waals surface area contributed by atoms with Crippen molar-refractivity contribution in [2.24, 2.45) is 0 Å². The van der Waals surface area contributed by atoms with Gasteiger partial charge in [0.05, 0.1) is 25.8 Å². The number of hydrogen-bond acceptors (Lipinski definition) is 4. The van der Waals surface area contributed by atoms with Gasteiger partial charge in [-0.25, -0.2) is 4.79 Å². The molecule has 3 amide bonds. The minimum absolute atomic E-state index is 0.304. The van der Waals surface area contributed by atoms with Gasteiger partial charge in [0, 0.05) is 23.0 Å². The van der Waals surface area contributed by atoms with Gasteiger partial charge in [0.2, 0.25) is 0 Å². The highest BCUT2D eigenvalue weighted by Gasteiger charge is 2.33. The van der Waals surface area contributed by atoms with Crippen molar-refractivity contribution in [3.05, 3.63) is 64.9 Å². The molecule has 0 radical (unpaired) electrons. The summed E-state index contributed by atoms with van der Waals surface area (Å²) in [6.07, 6.45) is 0. The van der Waals surface area contributed by atoms with Crippen molar-refractivity contribution in [3.8, 4) is 11.5 Å². The van der Waals surface area contributed by atoms with Crippen LogP contribution in [0.15, 0.2) is 53.7 Å². The number of anilines is 1. The van der Waals surface area contributed by atoms with Crippen LogP contribution in [0.1, 0.15) is 24.1 Å². The Morgan fingerprint density at radius 2 is 1.82 bits per heavy atom. The maximum absolute atomic E-state index is 13.1. The summed E-state index contributed by atoms with van der Waals surface area (Å²) in [4.78, 5) is 25.2. The summed E-state index contributed by atoms with van der Waals surface area (Å²) in [5.74, 6) is 0.829. The molecule has 0 bridgehead atoms. The number of para-hydroxylation sites is 1. The molecular formula is C21H23N3O4. The zero-order valence-electron chi connectivity index (χ0n) is 16.3. The van der Waals surface area contributed by atoms with Gasteiger partial charge in [-0.15, -0.1) is 0 Å². The van der Waals surface area contributed by atoms with E-state index in [2.05, 4.69) is 16.0 Å². The molecular weight excluding hydrogens is 358 g/mol. The number of allylic oxidation sites excluding steroid dienone is 1. The molecule has 3 N–H and O–H groups in total. The molecule has 0 aromatic heterocycles. The van der Waals surface area contributed by atoms with Gasteiger partial charge in [-0.05, 0) is 37.6 Å². The number of benzene rings is 2. The van der Waals surface area contributed by atoms with Crippen molar-refractivity contribution >= 4 is 17.6 Å². The van der Waals surface area contributed by atoms with Crippen molar-refractivity contribution in [1.29, 1.82) is 0 Å². The number of urea groups is 1. The average Bonchev–Trinajstić information content (AvgIpc) is 2.68. The van der Waals surface area contributed by atoms with E-state index in [0.29, 0.717) is 34.0 Å². The predicted octanol–water partition coefficient (Wildman–Crippen LogP) is 3.28. The van der Waals surface area contributed by atoms with Gasteiger partial charge in [0.15, 0.2) is 0 Å². The van der Waals surface area contributed by atoms with E-state index in [9.17, 15) is 9.59 Å². The Bertz CT molecular complexity index is 952. The van der Waals surface area contributed by atoms with Gasteiger partial charge in [-0.1, -0.05) is 18.2 Å². The number of methoxy groups -OCH3 is 2. The van der Waals surface area contributed by atoms with Gasteiger partial charge in [0.1, 0.15) is 11.5 Å². The van der Waals surface area contributed by atoms with Gasteiger partial charge in [-0.3, -0.25) is 4.79 Å². The van der Waals surface area contributed by atoms with E-state index in [4.69, 9.17) is 9.47 Å². The molecule has 0 aliphatic carbocycles. The lowest BCUT2D eigenvalue weighted by molar-refractivity contribution is -0.113. The monoisotopic (exact) mass is 381 g/mol. The fraction of sp³-hybridized carbons (Fsp3) is 0.238. The molecule has 1 atom stereocenters. The fourth-order valence-electron chi connectivity index (χ4n) is 3.19. The van der Waals surface area contributed by atoms with Gasteiger partial charge < -0.3 is 25.4 Å². The van der Waals surface area contributed by atoms with Crippen LogP contribution in [0.2, 0.25) is 0 Å². The van der Waals surface area contributed by atoms with E-state index in [1.54, 1.807) is 32.2 Å². The van der Waals surface area contributed by atoms with Gasteiger partial charge in [0.25, 0.3) is 5.91 Å². The molecule has 28 heavy (non-hydrogen) atoms. The van der Waals surface area contributed by atoms with Crippen LogP contribution in [0.5, 0.6) is 11.5 Å². The summed E-state index contributed by atoms with van der Waals surface area (Å²) < 4.78 is 10.7. The zero-order valence-corrected chi connectivity index (χ0v) is 16.3. The Morgan fingerprint density at radius 3 is 2.50 bits per heavy atom. The maximum Gasteiger partial charge on any atom is 0.319 e. The molecule has 3 rings (SSSR count). The average molecular weight is 381 g/mol. The van der Waals surface area contributed by atoms with Crippen molar-refractivity contribution in [2.75, 3.05) is 19.5 Å². The van der Waals surface area contributed by atoms with Crippen LogP contribution >= 0.6 is 0 Å². The lowest BCUT2D eigenvalue weighted by Crippen LogP contribution is -2.46. The van der Waals surface area contributed by atoms with E-state index < -0.39 is 6.04 Å². The van der Waals surface area contributed by atoms with Crippen LogP contribution in [-0.4, -0.2) is 26.2 Å². The van der Waals surface area contributed by atoms with Crippen molar-refractivity contribution < 1.29 is 19.1 Å². The highest BCUT2D eigenvalue weighted by atomic mass is 16.5. The van der Waals surface area contributed by atoms with Crippen molar-refractivity contribution in [1.82, 2.24) is 10.6 Å². The Hall–Kier alpha value is -3.48. The van der Waals surface area contributed by atoms with E-state index in [-0.39, 0.29) is 11.9 Å². The molecule has 7 nitrogen and oxygen atoms in total. The predicted molar refractivity (Wildman–Crippen MR) is 106 cm³/mol. The van der Waals surface area contributed by atoms with Gasteiger partial charge >= 0.3 is 6.03 Å². The first kappa shape index (κ1) is 19.3. The molecule has 1 aliphatic heterocycles. The second-order valence-electron chi connectivity index (χ2n) is 6.45. The lowest BCUT2D eigenvalue weighted by Gasteiger charge is -2.29. The molecule has 1 heterocycles. The quantitative estimate of drug-likeness (QED) is 0.742. The molecule has 146 valence electrons. The van der Waals surface area contributed by atoms with Gasteiger partial charge in [-0.2, -0.15) is 0 Å². The number of hydrogen-bond donors (Lipinski definition) is 3. The minimum atomic E-state index is -0.668. The number of amides is 3. The van der Waals surface area contributed by atoms with E-state index in [1.165, 1.54) is 7.11 Å². The third-order valence-corrected chi connectivity index (χ3v) is 4.66. The summed E-state index contributed by atoms with van der Waals surface area (Å²) in [7, 11) is 3.09. The standard InChI is InChI=1S/C21H23N3O4/c1-12-7-5-6-8-16(12)23-20(25)18-13(2)22-21(26)24-19(18)15-10-9-14(27-3)11-17(15)28-4/h5-11,19H,1-4H3,(H,23,25)(H2,22,24,26). The third kappa shape index (κ3) is 3.78. The first-order chi connectivity index (χ1) is 13.4. The third-order valence-electron chi connectivity index (χ3n) is 4.66. The summed E-state index contributed by atoms with van der Waals surface area (Å²) >= 11 is 0. The molecule has 0 fully saturated rings. The Labute approximate surface area is 163 Å². The Balaban J connectivity index is 2.02. The summed E-state index contributed by atoms with van der Waals surface area (Å²) in [5, 5.41) is 8.42. The smallest absolute Gasteiger partial charge is 0.319 e. The highest BCUT2D eigenvalue weighted by Crippen LogP contribution is 2.35. The van der Waals surface area contributed by atoms with E-state index in [0.717, 1.165) is 5.56 Å². The fourth-order valence-corrected chi connectivity index (χ4v) is 3.19. The Kier molecular flexibility index (Phi) is 5.54.